The molecular weight excluding hydrogens is 769 g/mol. The molecule has 2 unspecified atom stereocenters. The van der Waals surface area contributed by atoms with Gasteiger partial charge in [0.2, 0.25) is 11.8 Å². The summed E-state index contributed by atoms with van der Waals surface area (Å²) in [5.74, 6) is -7.68. The average Bonchev–Trinajstić information content (AvgIpc) is 2.80. The summed E-state index contributed by atoms with van der Waals surface area (Å²) in [5, 5.41) is 0. The van der Waals surface area contributed by atoms with Crippen LogP contribution in [0.25, 0.3) is 0 Å². The second-order valence-electron chi connectivity index (χ2n) is 26.1. The van der Waals surface area contributed by atoms with Gasteiger partial charge in [-0.15, -0.1) is 0 Å². The lowest BCUT2D eigenvalue weighted by atomic mass is 9.78. The fraction of sp³-hybridized carbons (Fsp3) is 1.00. The number of methoxy groups -OCH3 is 1. The highest BCUT2D eigenvalue weighted by Gasteiger charge is 2.35. The summed E-state index contributed by atoms with van der Waals surface area (Å²) in [4.78, 5) is 0. The first-order chi connectivity index (χ1) is 25.0. The topological polar surface area (TPSA) is 9.23 Å². The van der Waals surface area contributed by atoms with Crippen LogP contribution in [0.5, 0.6) is 0 Å². The predicted molar refractivity (Wildman–Crippen MR) is 246 cm³/mol. The van der Waals surface area contributed by atoms with Gasteiger partial charge in [-0.25, -0.2) is 35.1 Å². The second-order valence-corrected chi connectivity index (χ2v) is 26.1. The maximum absolute atomic E-state index is 13.3. The zero-order chi connectivity index (χ0) is 49.8. The van der Waals surface area contributed by atoms with Gasteiger partial charge in [0.05, 0.1) is 0 Å². The normalized spacial score (nSPS) is 15.5. The van der Waals surface area contributed by atoms with Gasteiger partial charge in [-0.05, 0) is 90.8 Å². The fourth-order valence-electron chi connectivity index (χ4n) is 6.92. The summed E-state index contributed by atoms with van der Waals surface area (Å²) in [7, 11) is 1.29. The summed E-state index contributed by atoms with van der Waals surface area (Å²) < 4.78 is 106. The van der Waals surface area contributed by atoms with E-state index in [-0.39, 0.29) is 52.8 Å². The highest BCUT2D eigenvalue weighted by molar-refractivity contribution is 4.79. The molecule has 0 fully saturated rings. The highest BCUT2D eigenvalue weighted by Crippen LogP contribution is 2.36. The lowest BCUT2D eigenvalue weighted by Crippen LogP contribution is -2.28. The van der Waals surface area contributed by atoms with Gasteiger partial charge in [-0.1, -0.05) is 166 Å². The molecule has 0 N–H and O–H groups in total. The molecule has 0 aromatic heterocycles. The maximum atomic E-state index is 13.3. The molecule has 0 saturated carbocycles. The van der Waals surface area contributed by atoms with Gasteiger partial charge in [0.15, 0.2) is 0 Å². The van der Waals surface area contributed by atoms with Crippen LogP contribution < -0.4 is 0 Å². The molecule has 0 radical (unpaired) electrons. The maximum Gasteiger partial charge on any atom is 0.271 e. The Balaban J connectivity index is -0.000000143. The Morgan fingerprint density at radius 1 is 0.288 bits per heavy atom. The summed E-state index contributed by atoms with van der Waals surface area (Å²) in [6.45, 7) is 51.6. The van der Waals surface area contributed by atoms with Crippen LogP contribution in [0.2, 0.25) is 0 Å². The Morgan fingerprint density at radius 2 is 0.508 bits per heavy atom. The Hall–Kier alpha value is -0.600. The van der Waals surface area contributed by atoms with E-state index in [2.05, 4.69) is 87.8 Å². The monoisotopic (exact) mass is 873 g/mol. The molecule has 0 saturated heterocycles. The van der Waals surface area contributed by atoms with Crippen molar-refractivity contribution < 1.29 is 39.9 Å². The molecule has 0 aliphatic heterocycles. The summed E-state index contributed by atoms with van der Waals surface area (Å²) >= 11 is 0. The van der Waals surface area contributed by atoms with E-state index in [9.17, 15) is 35.1 Å². The van der Waals surface area contributed by atoms with Gasteiger partial charge >= 0.3 is 0 Å². The minimum atomic E-state index is -2.69. The van der Waals surface area contributed by atoms with E-state index in [1.54, 1.807) is 34.6 Å². The molecule has 2 atom stereocenters. The van der Waals surface area contributed by atoms with E-state index >= 15 is 0 Å². The lowest BCUT2D eigenvalue weighted by molar-refractivity contribution is -0.0885. The first kappa shape index (κ1) is 70.1. The van der Waals surface area contributed by atoms with Crippen LogP contribution in [0.1, 0.15) is 245 Å². The third-order valence-electron chi connectivity index (χ3n) is 7.62. The van der Waals surface area contributed by atoms with Crippen LogP contribution in [0.3, 0.4) is 0 Å². The number of ether oxygens (including phenoxy) is 1. The third-order valence-corrected chi connectivity index (χ3v) is 7.62. The SMILES string of the molecule is CC(C)(C)CC(C)(C)C.CC(C)(C)CC(C)(F)F.CCC(C)(F)CC(C)(C)C.CCC(C)(F)CC(C)(C)C.CCC(F)(F)CC(C)(C)C.COCC(F)(F)CC(C)(C)C. The first-order valence-corrected chi connectivity index (χ1v) is 22.0. The summed E-state index contributed by atoms with van der Waals surface area (Å²) in [6.07, 6.45) is 3.58. The van der Waals surface area contributed by atoms with Crippen molar-refractivity contribution in [2.45, 2.75) is 274 Å². The molecule has 0 rings (SSSR count). The number of rotatable bonds is 10. The van der Waals surface area contributed by atoms with Gasteiger partial charge in [0.1, 0.15) is 17.9 Å². The Bertz CT molecular complexity index is 890. The van der Waals surface area contributed by atoms with Crippen LogP contribution >= 0.6 is 0 Å². The van der Waals surface area contributed by atoms with E-state index < -0.39 is 35.7 Å². The van der Waals surface area contributed by atoms with E-state index in [1.165, 1.54) is 20.5 Å². The molecular formula is C50H104F8O. The first-order valence-electron chi connectivity index (χ1n) is 22.0. The minimum Gasteiger partial charge on any atom is -0.378 e. The van der Waals surface area contributed by atoms with Crippen LogP contribution in [0.15, 0.2) is 0 Å². The molecule has 9 heteroatoms. The van der Waals surface area contributed by atoms with Crippen molar-refractivity contribution in [3.05, 3.63) is 0 Å². The summed E-state index contributed by atoms with van der Waals surface area (Å²) in [5.41, 5.74) is -1.63. The molecule has 0 amide bonds. The molecule has 0 spiro atoms. The van der Waals surface area contributed by atoms with Crippen LogP contribution in [0, 0.1) is 37.9 Å². The molecule has 0 aromatic rings. The van der Waals surface area contributed by atoms with E-state index in [0.717, 1.165) is 6.92 Å². The van der Waals surface area contributed by atoms with Crippen molar-refractivity contribution in [3.8, 4) is 0 Å². The molecule has 0 bridgehead atoms. The molecule has 0 heterocycles. The van der Waals surface area contributed by atoms with Crippen molar-refractivity contribution in [3.63, 3.8) is 0 Å². The average molecular weight is 873 g/mol. The number of alkyl halides is 8. The van der Waals surface area contributed by atoms with Crippen molar-refractivity contribution in [2.24, 2.45) is 37.9 Å². The van der Waals surface area contributed by atoms with Crippen LogP contribution in [-0.4, -0.2) is 42.8 Å². The second kappa shape index (κ2) is 26.9. The van der Waals surface area contributed by atoms with Crippen molar-refractivity contribution >= 4 is 0 Å². The zero-order valence-electron chi connectivity index (χ0n) is 44.5. The van der Waals surface area contributed by atoms with Gasteiger partial charge in [0, 0.05) is 32.8 Å². The Kier molecular flexibility index (Phi) is 31.9. The largest absolute Gasteiger partial charge is 0.378 e. The van der Waals surface area contributed by atoms with Gasteiger partial charge in [-0.3, -0.25) is 0 Å². The van der Waals surface area contributed by atoms with E-state index in [1.807, 2.05) is 55.4 Å². The fourth-order valence-corrected chi connectivity index (χ4v) is 6.92. The summed E-state index contributed by atoms with van der Waals surface area (Å²) in [6, 6.07) is 0. The van der Waals surface area contributed by atoms with Gasteiger partial charge in [-0.2, -0.15) is 0 Å². The van der Waals surface area contributed by atoms with Crippen LogP contribution in [0.4, 0.5) is 35.1 Å². The molecule has 0 aliphatic carbocycles. The van der Waals surface area contributed by atoms with Crippen molar-refractivity contribution in [1.82, 2.24) is 0 Å². The Labute approximate surface area is 364 Å². The minimum absolute atomic E-state index is 0.0174. The molecule has 0 aliphatic rings. The predicted octanol–water partition coefficient (Wildman–Crippen LogP) is 19.8. The van der Waals surface area contributed by atoms with Gasteiger partial charge < -0.3 is 4.74 Å². The standard InChI is InChI=1S/2C9H19F.C9H20.C8H16F2O.C8H16F2.C7H14F2/c2*1-6-9(5,10)7-8(2,3)4;1-8(2,3)7-9(4,5)6;1-7(2,3)5-8(9,10)6-11-4;1-5-8(9,10)6-7(2,3)4;1-6(2,3)5-7(4,8)9/h2*6-7H2,1-5H3;7H2,1-6H3;5-6H2,1-4H3;5-6H2,1-4H3;5H2,1-4H3. The Morgan fingerprint density at radius 3 is 0.593 bits per heavy atom. The third kappa shape index (κ3) is 75.2. The molecule has 59 heavy (non-hydrogen) atoms. The zero-order valence-corrected chi connectivity index (χ0v) is 44.5. The smallest absolute Gasteiger partial charge is 0.271 e. The lowest BCUT2D eigenvalue weighted by Gasteiger charge is -2.28. The van der Waals surface area contributed by atoms with Gasteiger partial charge in [0.25, 0.3) is 5.92 Å². The number of hydrogen-bond acceptors (Lipinski definition) is 1. The number of hydrogen-bond donors (Lipinski definition) is 0. The van der Waals surface area contributed by atoms with Crippen molar-refractivity contribution in [2.75, 3.05) is 13.7 Å². The number of halogens is 8. The van der Waals surface area contributed by atoms with Crippen LogP contribution in [-0.2, 0) is 4.74 Å². The highest BCUT2D eigenvalue weighted by atomic mass is 19.3. The van der Waals surface area contributed by atoms with E-state index in [4.69, 9.17) is 0 Å². The molecule has 366 valence electrons. The quantitative estimate of drug-likeness (QED) is 0.199. The van der Waals surface area contributed by atoms with E-state index in [0.29, 0.717) is 36.5 Å². The molecule has 1 nitrogen and oxygen atoms in total. The molecule has 0 aromatic carbocycles. The van der Waals surface area contributed by atoms with Crippen molar-refractivity contribution in [1.29, 1.82) is 0 Å².